The number of nitroso groups, excluding NO2 is 1. The molecule has 1 aromatic heterocycles. The molecule has 0 fully saturated rings. The van der Waals surface area contributed by atoms with E-state index in [1.165, 1.54) is 0 Å². The average Bonchev–Trinajstić information content (AvgIpc) is 2.20. The predicted octanol–water partition coefficient (Wildman–Crippen LogP) is -1.71. The molecule has 9 heteroatoms. The Morgan fingerprint density at radius 3 is 2.55 bits per heavy atom. The van der Waals surface area contributed by atoms with Crippen LogP contribution in [0.1, 0.15) is 0 Å². The van der Waals surface area contributed by atoms with Crippen molar-refractivity contribution in [3.8, 4) is 0 Å². The molecule has 0 saturated carbocycles. The number of hydrogen-bond donors (Lipinski definition) is 3. The second kappa shape index (κ2) is 4.61. The Morgan fingerprint density at radius 2 is 2.18 bits per heavy atom. The zero-order chi connectivity index (χ0) is 7.56. The van der Waals surface area contributed by atoms with Crippen molar-refractivity contribution >= 4 is 63.3 Å². The van der Waals surface area contributed by atoms with Crippen LogP contribution in [0.15, 0.2) is 5.29 Å². The summed E-state index contributed by atoms with van der Waals surface area (Å²) < 4.78 is 0.904. The van der Waals surface area contributed by atoms with E-state index in [1.807, 2.05) is 5.43 Å². The largest absolute Gasteiger partial charge is 0.366 e. The van der Waals surface area contributed by atoms with Crippen molar-refractivity contribution in [2.24, 2.45) is 5.29 Å². The van der Waals surface area contributed by atoms with Crippen molar-refractivity contribution in [3.05, 3.63) is 4.91 Å². The Hall–Kier alpha value is -0.224. The van der Waals surface area contributed by atoms with Gasteiger partial charge in [-0.1, -0.05) is 0 Å². The van der Waals surface area contributed by atoms with Gasteiger partial charge in [0.15, 0.2) is 0 Å². The molecule has 0 unspecified atom stereocenters. The van der Waals surface area contributed by atoms with Crippen LogP contribution in [0.3, 0.4) is 0 Å². The van der Waals surface area contributed by atoms with Gasteiger partial charge < -0.3 is 11.6 Å². The van der Waals surface area contributed by atoms with Gasteiger partial charge in [-0.05, 0) is 0 Å². The van der Waals surface area contributed by atoms with Gasteiger partial charge >= 0.3 is 0 Å². The van der Waals surface area contributed by atoms with E-state index in [9.17, 15) is 4.91 Å². The van der Waals surface area contributed by atoms with Crippen molar-refractivity contribution in [2.45, 2.75) is 0 Å². The molecule has 0 spiro atoms. The van der Waals surface area contributed by atoms with Crippen LogP contribution >= 0.6 is 0 Å². The van der Waals surface area contributed by atoms with E-state index in [-0.39, 0.29) is 63.3 Å². The zero-order valence-corrected chi connectivity index (χ0v) is 8.97. The van der Waals surface area contributed by atoms with Gasteiger partial charge in [-0.2, -0.15) is 4.68 Å². The third kappa shape index (κ3) is 2.38. The number of nitrogens with zero attached hydrogens (tertiary/aromatic N) is 4. The quantitative estimate of drug-likeness (QED) is 0.216. The van der Waals surface area contributed by atoms with Gasteiger partial charge in [0.25, 0.3) is 5.95 Å². The van der Waals surface area contributed by atoms with E-state index < -0.39 is 0 Å². The van der Waals surface area contributed by atoms with E-state index in [2.05, 4.69) is 15.5 Å². The van der Waals surface area contributed by atoms with E-state index in [4.69, 9.17) is 11.6 Å². The van der Waals surface area contributed by atoms with E-state index in [1.54, 1.807) is 0 Å². The minimum atomic E-state index is 0. The standard InChI is InChI=1S/C2H5N7O.K/c3-1-5-6-2(7-8-10)9(1)4;/h4H2,(H2,3,5)(H,6,7,10);. The van der Waals surface area contributed by atoms with E-state index in [0.29, 0.717) is 0 Å². The molecule has 8 nitrogen and oxygen atoms in total. The average molecular weight is 182 g/mol. The first-order chi connectivity index (χ1) is 4.75. The molecule has 0 bridgehead atoms. The molecule has 0 aromatic carbocycles. The summed E-state index contributed by atoms with van der Waals surface area (Å²) in [6.45, 7) is 0. The van der Waals surface area contributed by atoms with Crippen molar-refractivity contribution in [1.29, 1.82) is 0 Å². The molecule has 1 rings (SSSR count). The SMILES string of the molecule is Nc1nnc(NN=O)n1N.[K]. The summed E-state index contributed by atoms with van der Waals surface area (Å²) in [4.78, 5) is 9.60. The van der Waals surface area contributed by atoms with Crippen molar-refractivity contribution in [2.75, 3.05) is 17.0 Å². The van der Waals surface area contributed by atoms with Crippen molar-refractivity contribution in [1.82, 2.24) is 14.9 Å². The molecule has 0 aliphatic rings. The maximum Gasteiger partial charge on any atom is 0.267 e. The molecule has 0 saturated heterocycles. The molecule has 55 valence electrons. The number of rotatable bonds is 2. The number of hydrogen-bond acceptors (Lipinski definition) is 6. The monoisotopic (exact) mass is 182 g/mol. The molecular formula is C2H5KN7O. The Labute approximate surface area is 104 Å². The van der Waals surface area contributed by atoms with Gasteiger partial charge in [-0.15, -0.1) is 15.1 Å². The number of nitrogens with one attached hydrogen (secondary N) is 1. The summed E-state index contributed by atoms with van der Waals surface area (Å²) in [5, 5.41) is 9.02. The molecule has 0 amide bonds. The Kier molecular flexibility index (Phi) is 4.52. The Bertz CT molecular complexity index is 245. The fraction of sp³-hybridized carbons (Fsp3) is 0. The Morgan fingerprint density at radius 1 is 1.55 bits per heavy atom. The van der Waals surface area contributed by atoms with Crippen LogP contribution in [-0.4, -0.2) is 66.3 Å². The molecule has 1 aromatic rings. The van der Waals surface area contributed by atoms with Crippen LogP contribution in [0.4, 0.5) is 11.9 Å². The first-order valence-corrected chi connectivity index (χ1v) is 2.30. The topological polar surface area (TPSA) is 124 Å². The second-order valence-electron chi connectivity index (χ2n) is 1.45. The second-order valence-corrected chi connectivity index (χ2v) is 1.45. The maximum atomic E-state index is 9.60. The van der Waals surface area contributed by atoms with Crippen LogP contribution < -0.4 is 17.0 Å². The predicted molar refractivity (Wildman–Crippen MR) is 39.8 cm³/mol. The molecule has 5 N–H and O–H groups in total. The molecule has 1 heterocycles. The van der Waals surface area contributed by atoms with Gasteiger partial charge in [0.05, 0.1) is 5.29 Å². The van der Waals surface area contributed by atoms with Crippen LogP contribution in [0.5, 0.6) is 0 Å². The smallest absolute Gasteiger partial charge is 0.267 e. The minimum Gasteiger partial charge on any atom is -0.366 e. The number of nitrogens with two attached hydrogens (primary N) is 2. The third-order valence-corrected chi connectivity index (χ3v) is 0.868. The first-order valence-electron chi connectivity index (χ1n) is 2.30. The van der Waals surface area contributed by atoms with Crippen LogP contribution in [0.25, 0.3) is 0 Å². The van der Waals surface area contributed by atoms with Gasteiger partial charge in [0.1, 0.15) is 0 Å². The van der Waals surface area contributed by atoms with Crippen molar-refractivity contribution < 1.29 is 0 Å². The number of anilines is 2. The van der Waals surface area contributed by atoms with Gasteiger partial charge in [0, 0.05) is 51.4 Å². The van der Waals surface area contributed by atoms with E-state index >= 15 is 0 Å². The van der Waals surface area contributed by atoms with Crippen molar-refractivity contribution in [3.63, 3.8) is 0 Å². The van der Waals surface area contributed by atoms with Crippen LogP contribution in [-0.2, 0) is 0 Å². The fourth-order valence-electron chi connectivity index (χ4n) is 0.421. The molecule has 11 heavy (non-hydrogen) atoms. The molecular weight excluding hydrogens is 177 g/mol. The minimum absolute atomic E-state index is 0. The maximum absolute atomic E-state index is 9.60. The first kappa shape index (κ1) is 10.8. The van der Waals surface area contributed by atoms with E-state index in [0.717, 1.165) is 4.68 Å². The number of nitrogen functional groups attached to an aromatic ring is 2. The molecule has 0 aliphatic carbocycles. The summed E-state index contributed by atoms with van der Waals surface area (Å²) in [6.07, 6.45) is 0. The summed E-state index contributed by atoms with van der Waals surface area (Å²) in [7, 11) is 0. The molecule has 0 atom stereocenters. The fourth-order valence-corrected chi connectivity index (χ4v) is 0.421. The summed E-state index contributed by atoms with van der Waals surface area (Å²) >= 11 is 0. The normalized spacial score (nSPS) is 8.36. The van der Waals surface area contributed by atoms with Gasteiger partial charge in [-0.25, -0.2) is 5.43 Å². The van der Waals surface area contributed by atoms with Crippen LogP contribution in [0, 0.1) is 4.91 Å². The van der Waals surface area contributed by atoms with Gasteiger partial charge in [0.2, 0.25) is 5.95 Å². The van der Waals surface area contributed by atoms with Gasteiger partial charge in [-0.3, -0.25) is 0 Å². The summed E-state index contributed by atoms with van der Waals surface area (Å²) in [6, 6.07) is 0. The van der Waals surface area contributed by atoms with Crippen LogP contribution in [0.2, 0.25) is 0 Å². The summed E-state index contributed by atoms with van der Waals surface area (Å²) in [5.41, 5.74) is 7.10. The number of aromatic nitrogens is 3. The third-order valence-electron chi connectivity index (χ3n) is 0.868. The molecule has 0 aliphatic heterocycles. The summed E-state index contributed by atoms with van der Waals surface area (Å²) in [5.74, 6) is 5.21. The Balaban J connectivity index is 0.000001000. The zero-order valence-electron chi connectivity index (χ0n) is 5.85. The molecule has 1 radical (unpaired) electrons.